The summed E-state index contributed by atoms with van der Waals surface area (Å²) < 4.78 is 5.68. The molecule has 4 rings (SSSR count). The Morgan fingerprint density at radius 1 is 1.21 bits per heavy atom. The Labute approximate surface area is 169 Å². The molecule has 150 valence electrons. The standard InChI is InChI=1S/C22H25N5O2/c1-14(2)29-19-5-3-4-15(12-19)13-23-22(28)24-18-10-8-17(9-11-18)21-25-20(26-27-21)16-6-7-16/h3-5,8-12,14,16H,6-7,13H2,1-2H3,(H2,23,24,28)(H,25,26,27). The van der Waals surface area contributed by atoms with Crippen molar-refractivity contribution < 1.29 is 9.53 Å². The smallest absolute Gasteiger partial charge is 0.319 e. The highest BCUT2D eigenvalue weighted by Gasteiger charge is 2.27. The zero-order chi connectivity index (χ0) is 20.2. The summed E-state index contributed by atoms with van der Waals surface area (Å²) in [5.41, 5.74) is 2.60. The summed E-state index contributed by atoms with van der Waals surface area (Å²) in [7, 11) is 0. The molecular formula is C22H25N5O2. The molecule has 1 aliphatic rings. The van der Waals surface area contributed by atoms with Crippen molar-refractivity contribution in [2.75, 3.05) is 5.32 Å². The van der Waals surface area contributed by atoms with Crippen molar-refractivity contribution in [3.63, 3.8) is 0 Å². The maximum absolute atomic E-state index is 12.2. The Balaban J connectivity index is 1.30. The fraction of sp³-hybridized carbons (Fsp3) is 0.318. The summed E-state index contributed by atoms with van der Waals surface area (Å²) in [5, 5.41) is 13.0. The van der Waals surface area contributed by atoms with Gasteiger partial charge in [-0.05, 0) is 68.7 Å². The molecule has 1 fully saturated rings. The van der Waals surface area contributed by atoms with Gasteiger partial charge in [0.25, 0.3) is 0 Å². The molecule has 1 aliphatic carbocycles. The molecule has 0 unspecified atom stereocenters. The Bertz CT molecular complexity index is 977. The van der Waals surface area contributed by atoms with Crippen LogP contribution in [0.2, 0.25) is 0 Å². The predicted octanol–water partition coefficient (Wildman–Crippen LogP) is 4.46. The second-order valence-electron chi connectivity index (χ2n) is 7.52. The zero-order valence-electron chi connectivity index (χ0n) is 16.6. The Morgan fingerprint density at radius 3 is 2.72 bits per heavy atom. The van der Waals surface area contributed by atoms with Crippen molar-refractivity contribution in [2.24, 2.45) is 0 Å². The summed E-state index contributed by atoms with van der Waals surface area (Å²) in [6.07, 6.45) is 2.48. The summed E-state index contributed by atoms with van der Waals surface area (Å²) in [4.78, 5) is 16.7. The topological polar surface area (TPSA) is 91.9 Å². The zero-order valence-corrected chi connectivity index (χ0v) is 16.6. The number of amides is 2. The van der Waals surface area contributed by atoms with Crippen LogP contribution < -0.4 is 15.4 Å². The number of urea groups is 1. The lowest BCUT2D eigenvalue weighted by Crippen LogP contribution is -2.28. The van der Waals surface area contributed by atoms with E-state index in [1.54, 1.807) is 0 Å². The monoisotopic (exact) mass is 391 g/mol. The van der Waals surface area contributed by atoms with E-state index in [0.29, 0.717) is 24.0 Å². The first-order valence-electron chi connectivity index (χ1n) is 9.90. The number of H-pyrrole nitrogens is 1. The number of hydrogen-bond acceptors (Lipinski definition) is 4. The molecule has 1 aromatic heterocycles. The molecule has 0 bridgehead atoms. The van der Waals surface area contributed by atoms with Gasteiger partial charge in [0.2, 0.25) is 0 Å². The Hall–Kier alpha value is -3.35. The van der Waals surface area contributed by atoms with Crippen LogP contribution in [0.4, 0.5) is 10.5 Å². The molecule has 7 heteroatoms. The van der Waals surface area contributed by atoms with Crippen LogP contribution in [-0.4, -0.2) is 27.3 Å². The van der Waals surface area contributed by atoms with Gasteiger partial charge in [-0.1, -0.05) is 12.1 Å². The maximum Gasteiger partial charge on any atom is 0.319 e. The molecule has 7 nitrogen and oxygen atoms in total. The number of aromatic amines is 1. The first-order valence-corrected chi connectivity index (χ1v) is 9.90. The molecule has 2 amide bonds. The number of carbonyl (C=O) groups excluding carboxylic acids is 1. The van der Waals surface area contributed by atoms with E-state index < -0.39 is 0 Å². The number of carbonyl (C=O) groups is 1. The molecule has 3 aromatic rings. The van der Waals surface area contributed by atoms with Crippen molar-refractivity contribution in [1.29, 1.82) is 0 Å². The minimum absolute atomic E-state index is 0.112. The lowest BCUT2D eigenvalue weighted by Gasteiger charge is -2.12. The van der Waals surface area contributed by atoms with Crippen LogP contribution in [-0.2, 0) is 6.54 Å². The van der Waals surface area contributed by atoms with E-state index in [1.807, 2.05) is 62.4 Å². The molecule has 0 saturated heterocycles. The van der Waals surface area contributed by atoms with E-state index in [0.717, 1.165) is 22.7 Å². The van der Waals surface area contributed by atoms with Crippen molar-refractivity contribution in [3.05, 3.63) is 59.9 Å². The molecular weight excluding hydrogens is 366 g/mol. The number of rotatable bonds is 7. The SMILES string of the molecule is CC(C)Oc1cccc(CNC(=O)Nc2ccc(-c3n[nH]c(C4CC4)n3)cc2)c1. The fourth-order valence-corrected chi connectivity index (χ4v) is 3.00. The first kappa shape index (κ1) is 19.0. The lowest BCUT2D eigenvalue weighted by atomic mass is 10.2. The van der Waals surface area contributed by atoms with E-state index in [9.17, 15) is 4.79 Å². The third-order valence-electron chi connectivity index (χ3n) is 4.59. The number of benzene rings is 2. The Kier molecular flexibility index (Phi) is 5.46. The van der Waals surface area contributed by atoms with Gasteiger partial charge in [-0.25, -0.2) is 9.78 Å². The average Bonchev–Trinajstić information content (AvgIpc) is 3.44. The predicted molar refractivity (Wildman–Crippen MR) is 112 cm³/mol. The van der Waals surface area contributed by atoms with Crippen LogP contribution in [0, 0.1) is 0 Å². The molecule has 2 aromatic carbocycles. The van der Waals surface area contributed by atoms with Crippen LogP contribution in [0.5, 0.6) is 5.75 Å². The maximum atomic E-state index is 12.2. The normalized spacial score (nSPS) is 13.3. The Morgan fingerprint density at radius 2 is 2.00 bits per heavy atom. The van der Waals surface area contributed by atoms with E-state index in [1.165, 1.54) is 12.8 Å². The van der Waals surface area contributed by atoms with Gasteiger partial charge in [0, 0.05) is 23.7 Å². The second-order valence-corrected chi connectivity index (χ2v) is 7.52. The molecule has 29 heavy (non-hydrogen) atoms. The van der Waals surface area contributed by atoms with Crippen molar-refractivity contribution in [1.82, 2.24) is 20.5 Å². The van der Waals surface area contributed by atoms with Crippen LogP contribution >= 0.6 is 0 Å². The number of anilines is 1. The third-order valence-corrected chi connectivity index (χ3v) is 4.59. The van der Waals surface area contributed by atoms with E-state index >= 15 is 0 Å². The molecule has 1 saturated carbocycles. The number of nitrogens with one attached hydrogen (secondary N) is 3. The molecule has 1 heterocycles. The molecule has 0 spiro atoms. The summed E-state index contributed by atoms with van der Waals surface area (Å²) in [6, 6.07) is 15.0. The lowest BCUT2D eigenvalue weighted by molar-refractivity contribution is 0.242. The fourth-order valence-electron chi connectivity index (χ4n) is 3.00. The number of hydrogen-bond donors (Lipinski definition) is 3. The van der Waals surface area contributed by atoms with Gasteiger partial charge in [-0.15, -0.1) is 0 Å². The molecule has 0 aliphatic heterocycles. The van der Waals surface area contributed by atoms with Crippen molar-refractivity contribution >= 4 is 11.7 Å². The highest BCUT2D eigenvalue weighted by molar-refractivity contribution is 5.89. The van der Waals surface area contributed by atoms with Gasteiger partial charge in [0.1, 0.15) is 11.6 Å². The van der Waals surface area contributed by atoms with Gasteiger partial charge >= 0.3 is 6.03 Å². The minimum atomic E-state index is -0.262. The van der Waals surface area contributed by atoms with Crippen LogP contribution in [0.15, 0.2) is 48.5 Å². The highest BCUT2D eigenvalue weighted by atomic mass is 16.5. The van der Waals surface area contributed by atoms with Crippen LogP contribution in [0.3, 0.4) is 0 Å². The third kappa shape index (κ3) is 5.13. The quantitative estimate of drug-likeness (QED) is 0.554. The summed E-state index contributed by atoms with van der Waals surface area (Å²) >= 11 is 0. The van der Waals surface area contributed by atoms with Gasteiger partial charge in [-0.3, -0.25) is 5.10 Å². The van der Waals surface area contributed by atoms with E-state index in [4.69, 9.17) is 4.74 Å². The molecule has 0 radical (unpaired) electrons. The van der Waals surface area contributed by atoms with Gasteiger partial charge in [-0.2, -0.15) is 5.10 Å². The van der Waals surface area contributed by atoms with Gasteiger partial charge < -0.3 is 15.4 Å². The van der Waals surface area contributed by atoms with Crippen molar-refractivity contribution in [3.8, 4) is 17.1 Å². The highest BCUT2D eigenvalue weighted by Crippen LogP contribution is 2.38. The second kappa shape index (κ2) is 8.34. The summed E-state index contributed by atoms with van der Waals surface area (Å²) in [6.45, 7) is 4.38. The van der Waals surface area contributed by atoms with E-state index in [2.05, 4.69) is 25.8 Å². The number of nitrogens with zero attached hydrogens (tertiary/aromatic N) is 2. The van der Waals surface area contributed by atoms with E-state index in [-0.39, 0.29) is 12.1 Å². The van der Waals surface area contributed by atoms with Crippen molar-refractivity contribution in [2.45, 2.75) is 45.3 Å². The molecule has 3 N–H and O–H groups in total. The van der Waals surface area contributed by atoms with Crippen LogP contribution in [0.1, 0.15) is 44.0 Å². The molecule has 0 atom stereocenters. The van der Waals surface area contributed by atoms with Gasteiger partial charge in [0.05, 0.1) is 6.10 Å². The average molecular weight is 391 g/mol. The van der Waals surface area contributed by atoms with Crippen LogP contribution in [0.25, 0.3) is 11.4 Å². The summed E-state index contributed by atoms with van der Waals surface area (Å²) in [5.74, 6) is 2.99. The van der Waals surface area contributed by atoms with Gasteiger partial charge in [0.15, 0.2) is 5.82 Å². The number of aromatic nitrogens is 3. The number of ether oxygens (including phenoxy) is 1. The minimum Gasteiger partial charge on any atom is -0.491 e. The largest absolute Gasteiger partial charge is 0.491 e. The first-order chi connectivity index (χ1) is 14.1.